The van der Waals surface area contributed by atoms with Gasteiger partial charge in [-0.3, -0.25) is 9.59 Å². The highest BCUT2D eigenvalue weighted by Gasteiger charge is 2.21. The summed E-state index contributed by atoms with van der Waals surface area (Å²) < 4.78 is 1.82. The maximum atomic E-state index is 12.7. The number of hydrogen-bond donors (Lipinski definition) is 2. The van der Waals surface area contributed by atoms with Crippen LogP contribution in [0.2, 0.25) is 10.0 Å². The van der Waals surface area contributed by atoms with Crippen molar-refractivity contribution in [3.05, 3.63) is 81.6 Å². The number of halogens is 2. The highest BCUT2D eigenvalue weighted by Crippen LogP contribution is 2.24. The molecule has 1 unspecified atom stereocenters. The zero-order valence-electron chi connectivity index (χ0n) is 19.1. The molecule has 2 N–H and O–H groups in total. The Labute approximate surface area is 212 Å². The molecule has 1 heterocycles. The number of nitrogens with one attached hydrogen (secondary N) is 2. The normalized spacial score (nSPS) is 11.7. The predicted octanol–water partition coefficient (Wildman–Crippen LogP) is 5.61. The Hall–Kier alpha value is -2.81. The first-order valence-electron chi connectivity index (χ1n) is 10.5. The van der Waals surface area contributed by atoms with Crippen molar-refractivity contribution in [2.45, 2.75) is 38.5 Å². The third-order valence-corrected chi connectivity index (χ3v) is 6.32. The Morgan fingerprint density at radius 2 is 1.85 bits per heavy atom. The van der Waals surface area contributed by atoms with Gasteiger partial charge >= 0.3 is 0 Å². The van der Waals surface area contributed by atoms with Gasteiger partial charge in [0.2, 0.25) is 5.91 Å². The van der Waals surface area contributed by atoms with E-state index < -0.39 is 6.04 Å². The van der Waals surface area contributed by atoms with Crippen LogP contribution < -0.4 is 10.6 Å². The summed E-state index contributed by atoms with van der Waals surface area (Å²) in [5, 5.41) is 15.5. The van der Waals surface area contributed by atoms with Gasteiger partial charge in [-0.2, -0.15) is 0 Å². The largest absolute Gasteiger partial charge is 0.342 e. The van der Waals surface area contributed by atoms with Gasteiger partial charge < -0.3 is 15.2 Å². The molecule has 0 aliphatic heterocycles. The Kier molecular flexibility index (Phi) is 8.77. The molecule has 2 amide bonds. The summed E-state index contributed by atoms with van der Waals surface area (Å²) in [5.74, 6) is 0.187. The first kappa shape index (κ1) is 25.8. The fourth-order valence-corrected chi connectivity index (χ4v) is 4.66. The number of rotatable bonds is 9. The van der Waals surface area contributed by atoms with Crippen LogP contribution in [0.3, 0.4) is 0 Å². The highest BCUT2D eigenvalue weighted by atomic mass is 35.5. The van der Waals surface area contributed by atoms with Gasteiger partial charge in [0.05, 0.1) is 22.4 Å². The number of carbonyl (C=O) groups excluding carboxylic acids is 2. The number of carbonyl (C=O) groups is 2. The van der Waals surface area contributed by atoms with Crippen molar-refractivity contribution >= 4 is 52.5 Å². The van der Waals surface area contributed by atoms with Crippen LogP contribution >= 0.6 is 35.0 Å². The molecule has 0 saturated carbocycles. The first-order valence-corrected chi connectivity index (χ1v) is 12.2. The molecule has 1 aromatic heterocycles. The topological polar surface area (TPSA) is 88.9 Å². The molecule has 0 aliphatic rings. The quantitative estimate of drug-likeness (QED) is 0.284. The highest BCUT2D eigenvalue weighted by molar-refractivity contribution is 7.99. The van der Waals surface area contributed by atoms with Gasteiger partial charge in [0.25, 0.3) is 5.91 Å². The summed E-state index contributed by atoms with van der Waals surface area (Å²) in [7, 11) is 0. The van der Waals surface area contributed by atoms with Crippen molar-refractivity contribution in [3.8, 4) is 0 Å². The lowest BCUT2D eigenvalue weighted by Gasteiger charge is -2.16. The Morgan fingerprint density at radius 1 is 1.15 bits per heavy atom. The number of thioether (sulfide) groups is 1. The van der Waals surface area contributed by atoms with E-state index in [2.05, 4.69) is 27.4 Å². The van der Waals surface area contributed by atoms with E-state index >= 15 is 0 Å². The van der Waals surface area contributed by atoms with Crippen LogP contribution in [0.4, 0.5) is 5.69 Å². The van der Waals surface area contributed by atoms with Crippen LogP contribution in [0.1, 0.15) is 40.3 Å². The van der Waals surface area contributed by atoms with Gasteiger partial charge in [-0.1, -0.05) is 47.1 Å². The van der Waals surface area contributed by atoms with E-state index in [4.69, 9.17) is 23.2 Å². The third-order valence-electron chi connectivity index (χ3n) is 4.81. The average molecular weight is 518 g/mol. The lowest BCUT2D eigenvalue weighted by Crippen LogP contribution is -2.29. The molecule has 0 fully saturated rings. The maximum absolute atomic E-state index is 12.7. The van der Waals surface area contributed by atoms with Crippen LogP contribution in [0, 0.1) is 13.8 Å². The second-order valence-electron chi connectivity index (χ2n) is 7.77. The molecule has 1 atom stereocenters. The molecule has 0 spiro atoms. The van der Waals surface area contributed by atoms with Crippen molar-refractivity contribution in [3.63, 3.8) is 0 Å². The van der Waals surface area contributed by atoms with Crippen LogP contribution in [0.5, 0.6) is 0 Å². The fourth-order valence-electron chi connectivity index (χ4n) is 3.41. The molecule has 3 rings (SSSR count). The number of nitrogens with zero attached hydrogens (tertiary/aromatic N) is 3. The second-order valence-corrected chi connectivity index (χ2v) is 9.56. The third kappa shape index (κ3) is 6.62. The fraction of sp³-hybridized carbons (Fsp3) is 0.250. The number of aromatic nitrogens is 3. The minimum absolute atomic E-state index is 0.150. The van der Waals surface area contributed by atoms with Gasteiger partial charge in [-0.05, 0) is 62.2 Å². The van der Waals surface area contributed by atoms with Gasteiger partial charge in [-0.25, -0.2) is 0 Å². The Morgan fingerprint density at radius 3 is 2.50 bits per heavy atom. The van der Waals surface area contributed by atoms with Crippen molar-refractivity contribution in [2.24, 2.45) is 0 Å². The zero-order valence-corrected chi connectivity index (χ0v) is 21.4. The summed E-state index contributed by atoms with van der Waals surface area (Å²) >= 11 is 13.3. The van der Waals surface area contributed by atoms with E-state index in [1.165, 1.54) is 17.8 Å². The molecule has 178 valence electrons. The summed E-state index contributed by atoms with van der Waals surface area (Å²) in [4.78, 5) is 25.2. The maximum Gasteiger partial charge on any atom is 0.253 e. The van der Waals surface area contributed by atoms with Gasteiger partial charge in [0.15, 0.2) is 11.0 Å². The number of hydrogen-bond acceptors (Lipinski definition) is 5. The number of amides is 2. The molecule has 7 nitrogen and oxygen atoms in total. The van der Waals surface area contributed by atoms with Crippen LogP contribution in [0.15, 0.2) is 54.2 Å². The number of anilines is 1. The molecule has 0 radical (unpaired) electrons. The van der Waals surface area contributed by atoms with Gasteiger partial charge in [0.1, 0.15) is 0 Å². The van der Waals surface area contributed by atoms with Crippen molar-refractivity contribution in [1.82, 2.24) is 20.1 Å². The molecular formula is C24H25Cl2N5O2S. The summed E-state index contributed by atoms with van der Waals surface area (Å²) in [6.45, 7) is 9.98. The first-order chi connectivity index (χ1) is 16.2. The van der Waals surface area contributed by atoms with Crippen molar-refractivity contribution in [1.29, 1.82) is 0 Å². The Balaban J connectivity index is 1.68. The molecule has 0 aliphatic carbocycles. The molecule has 0 bridgehead atoms. The van der Waals surface area contributed by atoms with Crippen LogP contribution in [-0.2, 0) is 11.3 Å². The number of aryl methyl sites for hydroxylation is 2. The summed E-state index contributed by atoms with van der Waals surface area (Å²) in [5.41, 5.74) is 3.22. The minimum atomic E-state index is -0.467. The van der Waals surface area contributed by atoms with Crippen LogP contribution in [0.25, 0.3) is 0 Å². The SMILES string of the molecule is C=CCn1c(SCC(=O)Nc2cc(C)cc(C)c2)nnc1C(C)NC(=O)c1ccc(Cl)cc1Cl. The Bertz CT molecular complexity index is 1210. The minimum Gasteiger partial charge on any atom is -0.342 e. The van der Waals surface area contributed by atoms with E-state index in [0.717, 1.165) is 16.8 Å². The monoisotopic (exact) mass is 517 g/mol. The van der Waals surface area contributed by atoms with Gasteiger partial charge in [-0.15, -0.1) is 16.8 Å². The van der Waals surface area contributed by atoms with Crippen LogP contribution in [-0.4, -0.2) is 32.3 Å². The molecule has 3 aromatic rings. The van der Waals surface area contributed by atoms with E-state index in [1.807, 2.05) is 36.6 Å². The summed E-state index contributed by atoms with van der Waals surface area (Å²) in [6, 6.07) is 10.1. The van der Waals surface area contributed by atoms with Crippen molar-refractivity contribution < 1.29 is 9.59 Å². The predicted molar refractivity (Wildman–Crippen MR) is 138 cm³/mol. The average Bonchev–Trinajstić information content (AvgIpc) is 3.14. The van der Waals surface area contributed by atoms with Crippen molar-refractivity contribution in [2.75, 3.05) is 11.1 Å². The second kappa shape index (κ2) is 11.6. The molecular weight excluding hydrogens is 493 g/mol. The summed E-state index contributed by atoms with van der Waals surface area (Å²) in [6.07, 6.45) is 1.71. The zero-order chi connectivity index (χ0) is 24.8. The van der Waals surface area contributed by atoms with E-state index in [-0.39, 0.29) is 22.6 Å². The molecule has 34 heavy (non-hydrogen) atoms. The molecule has 10 heteroatoms. The number of allylic oxidation sites excluding steroid dienone is 1. The van der Waals surface area contributed by atoms with E-state index in [0.29, 0.717) is 28.1 Å². The lowest BCUT2D eigenvalue weighted by atomic mass is 10.1. The molecule has 2 aromatic carbocycles. The molecule has 0 saturated heterocycles. The smallest absolute Gasteiger partial charge is 0.253 e. The van der Waals surface area contributed by atoms with E-state index in [1.54, 1.807) is 25.1 Å². The number of benzene rings is 2. The standard InChI is InChI=1S/C24H25Cl2N5O2S/c1-5-8-31-22(16(4)27-23(33)19-7-6-17(25)12-20(19)26)29-30-24(31)34-13-21(32)28-18-10-14(2)9-15(3)11-18/h5-7,9-12,16H,1,8,13H2,2-4H3,(H,27,33)(H,28,32). The van der Waals surface area contributed by atoms with E-state index in [9.17, 15) is 9.59 Å². The lowest BCUT2D eigenvalue weighted by molar-refractivity contribution is -0.113. The van der Waals surface area contributed by atoms with Gasteiger partial charge in [0, 0.05) is 17.3 Å².